The van der Waals surface area contributed by atoms with Crippen LogP contribution in [0, 0.1) is 41.5 Å². The molecular weight excluding hydrogens is 258 g/mol. The Kier molecular flexibility index (Phi) is 3.96. The molecule has 2 heteroatoms. The van der Waals surface area contributed by atoms with E-state index in [-0.39, 0.29) is 0 Å². The molecule has 0 heterocycles. The molecule has 2 aromatic rings. The summed E-state index contributed by atoms with van der Waals surface area (Å²) < 4.78 is 0. The van der Waals surface area contributed by atoms with E-state index < -0.39 is 5.72 Å². The van der Waals surface area contributed by atoms with Crippen molar-refractivity contribution in [3.63, 3.8) is 0 Å². The first-order valence-corrected chi connectivity index (χ1v) is 7.33. The molecule has 21 heavy (non-hydrogen) atoms. The van der Waals surface area contributed by atoms with Crippen molar-refractivity contribution in [1.82, 2.24) is 0 Å². The van der Waals surface area contributed by atoms with Gasteiger partial charge in [-0.15, -0.1) is 0 Å². The van der Waals surface area contributed by atoms with Crippen molar-refractivity contribution in [3.05, 3.63) is 68.8 Å². The summed E-state index contributed by atoms with van der Waals surface area (Å²) in [5.41, 5.74) is 13.4. The van der Waals surface area contributed by atoms with E-state index in [1.165, 1.54) is 16.7 Å². The first-order valence-electron chi connectivity index (χ1n) is 7.33. The average Bonchev–Trinajstić information content (AvgIpc) is 2.43. The Morgan fingerprint density at radius 2 is 1.10 bits per heavy atom. The van der Waals surface area contributed by atoms with Gasteiger partial charge in [0.15, 0.2) is 5.72 Å². The van der Waals surface area contributed by atoms with Crippen LogP contribution < -0.4 is 5.73 Å². The Labute approximate surface area is 127 Å². The highest BCUT2D eigenvalue weighted by molar-refractivity contribution is 5.54. The highest BCUT2D eigenvalue weighted by Crippen LogP contribution is 2.34. The summed E-state index contributed by atoms with van der Waals surface area (Å²) in [4.78, 5) is 0. The summed E-state index contributed by atoms with van der Waals surface area (Å²) in [6.07, 6.45) is 0. The fourth-order valence-electron chi connectivity index (χ4n) is 3.02. The van der Waals surface area contributed by atoms with Crippen LogP contribution in [0.25, 0.3) is 0 Å². The number of rotatable bonds is 2. The summed E-state index contributed by atoms with van der Waals surface area (Å²) in [5, 5.41) is 11.0. The normalized spacial score (nSPS) is 14.1. The SMILES string of the molecule is Cc1ccc(C(N)(O)c2c(C)c(C)c(C)c(C)c2C)cc1. The lowest BCUT2D eigenvalue weighted by molar-refractivity contribution is 0.0868. The number of nitrogens with two attached hydrogens (primary N) is 1. The molecule has 0 aliphatic rings. The summed E-state index contributed by atoms with van der Waals surface area (Å²) in [7, 11) is 0. The van der Waals surface area contributed by atoms with E-state index in [2.05, 4.69) is 20.8 Å². The Balaban J connectivity index is 2.73. The molecule has 0 amide bonds. The van der Waals surface area contributed by atoms with Gasteiger partial charge in [-0.2, -0.15) is 0 Å². The highest BCUT2D eigenvalue weighted by Gasteiger charge is 2.31. The van der Waals surface area contributed by atoms with Crippen molar-refractivity contribution in [2.45, 2.75) is 47.3 Å². The predicted octanol–water partition coefficient (Wildman–Crippen LogP) is 3.69. The quantitative estimate of drug-likeness (QED) is 0.826. The van der Waals surface area contributed by atoms with Gasteiger partial charge in [-0.3, -0.25) is 5.73 Å². The van der Waals surface area contributed by atoms with E-state index in [0.717, 1.165) is 27.8 Å². The molecule has 3 N–H and O–H groups in total. The Hall–Kier alpha value is -1.64. The Morgan fingerprint density at radius 3 is 1.52 bits per heavy atom. The van der Waals surface area contributed by atoms with Gasteiger partial charge >= 0.3 is 0 Å². The largest absolute Gasteiger partial charge is 0.368 e. The number of aryl methyl sites for hydroxylation is 1. The Bertz CT molecular complexity index is 653. The second kappa shape index (κ2) is 5.28. The average molecular weight is 283 g/mol. The van der Waals surface area contributed by atoms with Crippen LogP contribution in [0.4, 0.5) is 0 Å². The van der Waals surface area contributed by atoms with Crippen LogP contribution in [-0.2, 0) is 5.72 Å². The van der Waals surface area contributed by atoms with E-state index in [9.17, 15) is 5.11 Å². The molecule has 2 aromatic carbocycles. The highest BCUT2D eigenvalue weighted by atomic mass is 16.3. The third-order valence-corrected chi connectivity index (χ3v) is 4.87. The van der Waals surface area contributed by atoms with Gasteiger partial charge in [0, 0.05) is 11.1 Å². The van der Waals surface area contributed by atoms with Crippen LogP contribution in [0.5, 0.6) is 0 Å². The molecule has 2 rings (SSSR count). The van der Waals surface area contributed by atoms with Crippen molar-refractivity contribution in [2.75, 3.05) is 0 Å². The van der Waals surface area contributed by atoms with Gasteiger partial charge in [-0.05, 0) is 69.4 Å². The van der Waals surface area contributed by atoms with Crippen molar-refractivity contribution in [1.29, 1.82) is 0 Å². The van der Waals surface area contributed by atoms with Gasteiger partial charge in [-0.25, -0.2) is 0 Å². The summed E-state index contributed by atoms with van der Waals surface area (Å²) in [6, 6.07) is 7.76. The molecule has 0 radical (unpaired) electrons. The standard InChI is InChI=1S/C19H25NO/c1-11-7-9-17(10-8-11)19(20,21)18-15(5)13(3)12(2)14(4)16(18)6/h7-10,21H,20H2,1-6H3. The zero-order valence-electron chi connectivity index (χ0n) is 13.8. The van der Waals surface area contributed by atoms with Crippen molar-refractivity contribution >= 4 is 0 Å². The van der Waals surface area contributed by atoms with Crippen LogP contribution in [0.1, 0.15) is 44.5 Å². The lowest BCUT2D eigenvalue weighted by Gasteiger charge is -2.30. The molecule has 112 valence electrons. The third kappa shape index (κ3) is 2.50. The fraction of sp³-hybridized carbons (Fsp3) is 0.368. The fourth-order valence-corrected chi connectivity index (χ4v) is 3.02. The summed E-state index contributed by atoms with van der Waals surface area (Å²) >= 11 is 0. The molecule has 0 bridgehead atoms. The summed E-state index contributed by atoms with van der Waals surface area (Å²) in [6.45, 7) is 12.4. The number of hydrogen-bond acceptors (Lipinski definition) is 2. The molecule has 2 nitrogen and oxygen atoms in total. The molecule has 0 aromatic heterocycles. The van der Waals surface area contributed by atoms with Gasteiger partial charge in [0.2, 0.25) is 0 Å². The molecule has 1 unspecified atom stereocenters. The van der Waals surface area contributed by atoms with E-state index in [1.54, 1.807) is 0 Å². The maximum Gasteiger partial charge on any atom is 0.166 e. The second-order valence-electron chi connectivity index (χ2n) is 6.13. The number of aliphatic hydroxyl groups is 1. The topological polar surface area (TPSA) is 46.2 Å². The monoisotopic (exact) mass is 283 g/mol. The van der Waals surface area contributed by atoms with Crippen LogP contribution in [-0.4, -0.2) is 5.11 Å². The minimum atomic E-state index is -1.47. The maximum absolute atomic E-state index is 11.0. The van der Waals surface area contributed by atoms with Crippen LogP contribution in [0.3, 0.4) is 0 Å². The zero-order valence-corrected chi connectivity index (χ0v) is 13.8. The van der Waals surface area contributed by atoms with E-state index in [0.29, 0.717) is 0 Å². The van der Waals surface area contributed by atoms with Gasteiger partial charge in [0.05, 0.1) is 0 Å². The van der Waals surface area contributed by atoms with Crippen molar-refractivity contribution in [2.24, 2.45) is 5.73 Å². The number of hydrogen-bond donors (Lipinski definition) is 2. The number of benzene rings is 2. The zero-order chi connectivity index (χ0) is 15.9. The molecule has 0 spiro atoms. The molecule has 0 fully saturated rings. The molecule has 1 atom stereocenters. The van der Waals surface area contributed by atoms with Gasteiger partial charge < -0.3 is 5.11 Å². The van der Waals surface area contributed by atoms with Crippen LogP contribution in [0.15, 0.2) is 24.3 Å². The summed E-state index contributed by atoms with van der Waals surface area (Å²) in [5.74, 6) is 0. The second-order valence-corrected chi connectivity index (χ2v) is 6.13. The van der Waals surface area contributed by atoms with Crippen molar-refractivity contribution in [3.8, 4) is 0 Å². The minimum Gasteiger partial charge on any atom is -0.368 e. The van der Waals surface area contributed by atoms with Gasteiger partial charge in [-0.1, -0.05) is 29.8 Å². The van der Waals surface area contributed by atoms with E-state index >= 15 is 0 Å². The predicted molar refractivity (Wildman–Crippen MR) is 88.5 cm³/mol. The molecular formula is C19H25NO. The van der Waals surface area contributed by atoms with Crippen LogP contribution in [0.2, 0.25) is 0 Å². The maximum atomic E-state index is 11.0. The smallest absolute Gasteiger partial charge is 0.166 e. The molecule has 0 aliphatic heterocycles. The third-order valence-electron chi connectivity index (χ3n) is 4.87. The first-order chi connectivity index (χ1) is 9.67. The van der Waals surface area contributed by atoms with Crippen LogP contribution >= 0.6 is 0 Å². The molecule has 0 saturated heterocycles. The Morgan fingerprint density at radius 1 is 0.714 bits per heavy atom. The lowest BCUT2D eigenvalue weighted by atomic mass is 9.82. The van der Waals surface area contributed by atoms with Gasteiger partial charge in [0.1, 0.15) is 0 Å². The molecule has 0 aliphatic carbocycles. The van der Waals surface area contributed by atoms with Gasteiger partial charge in [0.25, 0.3) is 0 Å². The van der Waals surface area contributed by atoms with E-state index in [4.69, 9.17) is 5.73 Å². The van der Waals surface area contributed by atoms with E-state index in [1.807, 2.05) is 45.0 Å². The van der Waals surface area contributed by atoms with Crippen molar-refractivity contribution < 1.29 is 5.11 Å². The molecule has 0 saturated carbocycles. The lowest BCUT2D eigenvalue weighted by Crippen LogP contribution is -2.39. The first kappa shape index (κ1) is 15.7. The minimum absolute atomic E-state index is 0.724.